The molecule has 1 N–H and O–H groups in total. The summed E-state index contributed by atoms with van der Waals surface area (Å²) in [5.74, 6) is 1.10. The SMILES string of the molecule is COc1ccccc1C(NS(=O)(=O)c1cc(C)sc1C)c1noc(C)n1. The van der Waals surface area contributed by atoms with Crippen LogP contribution in [0.4, 0.5) is 0 Å². The molecule has 0 aliphatic carbocycles. The number of benzene rings is 1. The minimum absolute atomic E-state index is 0.222. The Bertz CT molecular complexity index is 1020. The molecule has 2 aromatic heterocycles. The van der Waals surface area contributed by atoms with E-state index in [1.165, 1.54) is 18.4 Å². The highest BCUT2D eigenvalue weighted by Crippen LogP contribution is 2.32. The van der Waals surface area contributed by atoms with Crippen molar-refractivity contribution < 1.29 is 17.7 Å². The van der Waals surface area contributed by atoms with Crippen LogP contribution >= 0.6 is 11.3 Å². The largest absolute Gasteiger partial charge is 0.496 e. The van der Waals surface area contributed by atoms with E-state index in [4.69, 9.17) is 9.26 Å². The Hall–Kier alpha value is -2.23. The topological polar surface area (TPSA) is 94.3 Å². The second-order valence-electron chi connectivity index (χ2n) is 5.75. The Labute approximate surface area is 156 Å². The lowest BCUT2D eigenvalue weighted by atomic mass is 10.1. The molecule has 0 aliphatic rings. The van der Waals surface area contributed by atoms with Crippen LogP contribution < -0.4 is 9.46 Å². The van der Waals surface area contributed by atoms with E-state index in [1.54, 1.807) is 38.1 Å². The predicted molar refractivity (Wildman–Crippen MR) is 98.0 cm³/mol. The molecule has 0 spiro atoms. The fraction of sp³-hybridized carbons (Fsp3) is 0.294. The van der Waals surface area contributed by atoms with Crippen molar-refractivity contribution >= 4 is 21.4 Å². The highest BCUT2D eigenvalue weighted by molar-refractivity contribution is 7.89. The normalized spacial score (nSPS) is 12.9. The lowest BCUT2D eigenvalue weighted by molar-refractivity contribution is 0.381. The van der Waals surface area contributed by atoms with E-state index in [9.17, 15) is 8.42 Å². The fourth-order valence-electron chi connectivity index (χ4n) is 2.69. The molecule has 1 aromatic carbocycles. The van der Waals surface area contributed by atoms with Crippen LogP contribution in [0.5, 0.6) is 5.75 Å². The van der Waals surface area contributed by atoms with Gasteiger partial charge in [-0.25, -0.2) is 8.42 Å². The minimum Gasteiger partial charge on any atom is -0.496 e. The quantitative estimate of drug-likeness (QED) is 0.691. The summed E-state index contributed by atoms with van der Waals surface area (Å²) in [6.07, 6.45) is 0. The standard InChI is InChI=1S/C17H19N3O4S2/c1-10-9-15(11(2)25-10)26(21,22)20-16(17-18-12(3)24-19-17)13-7-5-6-8-14(13)23-4/h5-9,16,20H,1-4H3. The molecular weight excluding hydrogens is 374 g/mol. The number of ether oxygens (including phenoxy) is 1. The van der Waals surface area contributed by atoms with Crippen LogP contribution in [0.1, 0.15) is 33.1 Å². The molecule has 3 rings (SSSR count). The Morgan fingerprint density at radius 2 is 1.96 bits per heavy atom. The third-order valence-corrected chi connectivity index (χ3v) is 6.45. The number of hydrogen-bond acceptors (Lipinski definition) is 7. The molecule has 26 heavy (non-hydrogen) atoms. The van der Waals surface area contributed by atoms with Crippen LogP contribution in [0.25, 0.3) is 0 Å². The molecule has 3 aromatic rings. The molecule has 1 atom stereocenters. The Kier molecular flexibility index (Phi) is 5.12. The van der Waals surface area contributed by atoms with Crippen molar-refractivity contribution in [2.45, 2.75) is 31.7 Å². The summed E-state index contributed by atoms with van der Waals surface area (Å²) in [6, 6.07) is 7.94. The summed E-state index contributed by atoms with van der Waals surface area (Å²) in [7, 11) is -2.27. The van der Waals surface area contributed by atoms with E-state index < -0.39 is 16.1 Å². The monoisotopic (exact) mass is 393 g/mol. The minimum atomic E-state index is -3.80. The molecule has 0 aliphatic heterocycles. The van der Waals surface area contributed by atoms with Gasteiger partial charge in [-0.05, 0) is 26.0 Å². The van der Waals surface area contributed by atoms with Gasteiger partial charge in [-0.1, -0.05) is 23.4 Å². The summed E-state index contributed by atoms with van der Waals surface area (Å²) in [6.45, 7) is 5.30. The summed E-state index contributed by atoms with van der Waals surface area (Å²) in [5.41, 5.74) is 0.601. The summed E-state index contributed by atoms with van der Waals surface area (Å²) >= 11 is 1.43. The van der Waals surface area contributed by atoms with Gasteiger partial charge in [-0.3, -0.25) is 0 Å². The first-order valence-electron chi connectivity index (χ1n) is 7.84. The molecule has 138 valence electrons. The molecule has 0 amide bonds. The summed E-state index contributed by atoms with van der Waals surface area (Å²) in [5, 5.41) is 3.91. The van der Waals surface area contributed by atoms with Gasteiger partial charge in [-0.2, -0.15) is 9.71 Å². The second kappa shape index (κ2) is 7.18. The van der Waals surface area contributed by atoms with Gasteiger partial charge in [0.15, 0.2) is 5.82 Å². The van der Waals surface area contributed by atoms with Gasteiger partial charge < -0.3 is 9.26 Å². The van der Waals surface area contributed by atoms with E-state index in [-0.39, 0.29) is 10.7 Å². The zero-order chi connectivity index (χ0) is 18.9. The van der Waals surface area contributed by atoms with Crippen molar-refractivity contribution in [2.24, 2.45) is 0 Å². The lowest BCUT2D eigenvalue weighted by Crippen LogP contribution is -2.30. The van der Waals surface area contributed by atoms with Crippen LogP contribution in [-0.2, 0) is 10.0 Å². The van der Waals surface area contributed by atoms with Crippen molar-refractivity contribution in [3.05, 3.63) is 57.4 Å². The fourth-order valence-corrected chi connectivity index (χ4v) is 5.41. The van der Waals surface area contributed by atoms with Crippen molar-refractivity contribution in [1.82, 2.24) is 14.9 Å². The number of rotatable bonds is 6. The van der Waals surface area contributed by atoms with Gasteiger partial charge in [0.1, 0.15) is 11.8 Å². The van der Waals surface area contributed by atoms with E-state index in [0.29, 0.717) is 17.2 Å². The van der Waals surface area contributed by atoms with E-state index in [2.05, 4.69) is 14.9 Å². The Balaban J connectivity index is 2.08. The number of para-hydroxylation sites is 1. The average molecular weight is 393 g/mol. The van der Waals surface area contributed by atoms with Crippen LogP contribution in [0, 0.1) is 20.8 Å². The predicted octanol–water partition coefficient (Wildman–Crippen LogP) is 3.13. The van der Waals surface area contributed by atoms with Crippen molar-refractivity contribution in [2.75, 3.05) is 7.11 Å². The van der Waals surface area contributed by atoms with Gasteiger partial charge >= 0.3 is 0 Å². The zero-order valence-corrected chi connectivity index (χ0v) is 16.4. The van der Waals surface area contributed by atoms with Crippen LogP contribution in [-0.4, -0.2) is 25.7 Å². The molecule has 2 heterocycles. The molecule has 0 bridgehead atoms. The van der Waals surface area contributed by atoms with Crippen LogP contribution in [0.2, 0.25) is 0 Å². The number of thiophene rings is 1. The number of sulfonamides is 1. The highest BCUT2D eigenvalue weighted by atomic mass is 32.2. The third-order valence-electron chi connectivity index (χ3n) is 3.81. The number of hydrogen-bond donors (Lipinski definition) is 1. The maximum Gasteiger partial charge on any atom is 0.242 e. The van der Waals surface area contributed by atoms with E-state index in [0.717, 1.165) is 9.75 Å². The average Bonchev–Trinajstić information content (AvgIpc) is 3.18. The zero-order valence-electron chi connectivity index (χ0n) is 14.8. The molecule has 0 saturated carbocycles. The number of nitrogens with one attached hydrogen (secondary N) is 1. The van der Waals surface area contributed by atoms with E-state index >= 15 is 0 Å². The van der Waals surface area contributed by atoms with Crippen LogP contribution in [0.3, 0.4) is 0 Å². The number of methoxy groups -OCH3 is 1. The first-order valence-corrected chi connectivity index (χ1v) is 10.1. The smallest absolute Gasteiger partial charge is 0.242 e. The number of aryl methyl sites for hydroxylation is 3. The van der Waals surface area contributed by atoms with E-state index in [1.807, 2.05) is 13.0 Å². The Morgan fingerprint density at radius 3 is 2.54 bits per heavy atom. The van der Waals surface area contributed by atoms with Gasteiger partial charge in [0.2, 0.25) is 15.9 Å². The van der Waals surface area contributed by atoms with Gasteiger partial charge in [0.25, 0.3) is 0 Å². The van der Waals surface area contributed by atoms with Crippen molar-refractivity contribution in [3.8, 4) is 5.75 Å². The molecule has 0 fully saturated rings. The summed E-state index contributed by atoms with van der Waals surface area (Å²) < 4.78 is 39.1. The Morgan fingerprint density at radius 1 is 1.23 bits per heavy atom. The number of aromatic nitrogens is 2. The molecular formula is C17H19N3O4S2. The summed E-state index contributed by atoms with van der Waals surface area (Å²) in [4.78, 5) is 6.10. The first kappa shape index (κ1) is 18.6. The van der Waals surface area contributed by atoms with Crippen molar-refractivity contribution in [1.29, 1.82) is 0 Å². The maximum absolute atomic E-state index is 13.0. The number of nitrogens with zero attached hydrogens (tertiary/aromatic N) is 2. The molecule has 9 heteroatoms. The molecule has 1 unspecified atom stereocenters. The molecule has 7 nitrogen and oxygen atoms in total. The van der Waals surface area contributed by atoms with Gasteiger partial charge in [0.05, 0.1) is 12.0 Å². The maximum atomic E-state index is 13.0. The first-order chi connectivity index (χ1) is 12.3. The lowest BCUT2D eigenvalue weighted by Gasteiger charge is -2.18. The van der Waals surface area contributed by atoms with Gasteiger partial charge in [-0.15, -0.1) is 11.3 Å². The van der Waals surface area contributed by atoms with Crippen LogP contribution in [0.15, 0.2) is 39.8 Å². The van der Waals surface area contributed by atoms with Gasteiger partial charge in [0, 0.05) is 22.2 Å². The highest BCUT2D eigenvalue weighted by Gasteiger charge is 2.30. The third kappa shape index (κ3) is 3.64. The van der Waals surface area contributed by atoms with Crippen molar-refractivity contribution in [3.63, 3.8) is 0 Å². The molecule has 0 radical (unpaired) electrons. The second-order valence-corrected chi connectivity index (χ2v) is 8.89. The molecule has 0 saturated heterocycles.